The number of aryl methyl sites for hydroxylation is 1. The third-order valence-corrected chi connectivity index (χ3v) is 3.96. The van der Waals surface area contributed by atoms with Crippen molar-refractivity contribution < 1.29 is 5.11 Å². The molecule has 0 radical (unpaired) electrons. The third-order valence-electron chi connectivity index (χ3n) is 2.83. The van der Waals surface area contributed by atoms with E-state index in [2.05, 4.69) is 43.8 Å². The van der Waals surface area contributed by atoms with Gasteiger partial charge in [-0.15, -0.1) is 6.58 Å². The topological polar surface area (TPSA) is 20.2 Å². The fraction of sp³-hybridized carbons (Fsp3) is 0.333. The average molecular weight is 331 g/mol. The Hall–Kier alpha value is -1.51. The highest BCUT2D eigenvalue weighted by molar-refractivity contribution is 7.99. The zero-order valence-corrected chi connectivity index (χ0v) is 15.7. The lowest BCUT2D eigenvalue weighted by Crippen LogP contribution is -1.87. The predicted octanol–water partition coefficient (Wildman–Crippen LogP) is 6.50. The zero-order chi connectivity index (χ0) is 17.5. The van der Waals surface area contributed by atoms with Crippen LogP contribution in [0, 0.1) is 0 Å². The molecule has 126 valence electrons. The quantitative estimate of drug-likeness (QED) is 0.631. The van der Waals surface area contributed by atoms with E-state index < -0.39 is 0 Å². The van der Waals surface area contributed by atoms with Crippen LogP contribution in [0.1, 0.15) is 45.2 Å². The molecule has 2 rings (SSSR count). The molecule has 0 fully saturated rings. The molecule has 0 saturated heterocycles. The van der Waals surface area contributed by atoms with Crippen molar-refractivity contribution in [3.63, 3.8) is 0 Å². The summed E-state index contributed by atoms with van der Waals surface area (Å²) in [5.41, 5.74) is 2.37. The molecular formula is C21H30OS. The Balaban J connectivity index is 0.000000868. The molecule has 2 aromatic rings. The highest BCUT2D eigenvalue weighted by Crippen LogP contribution is 2.30. The summed E-state index contributed by atoms with van der Waals surface area (Å²) in [6.07, 6.45) is 4.07. The summed E-state index contributed by atoms with van der Waals surface area (Å²) in [6, 6.07) is 16.7. The number of rotatable bonds is 5. The first-order chi connectivity index (χ1) is 11.2. The zero-order valence-electron chi connectivity index (χ0n) is 14.9. The second kappa shape index (κ2) is 14.1. The van der Waals surface area contributed by atoms with Crippen LogP contribution < -0.4 is 0 Å². The summed E-state index contributed by atoms with van der Waals surface area (Å²) < 4.78 is 0. The van der Waals surface area contributed by atoms with Gasteiger partial charge < -0.3 is 5.11 Å². The molecule has 2 aromatic carbocycles. The van der Waals surface area contributed by atoms with E-state index >= 15 is 0 Å². The Morgan fingerprint density at radius 2 is 1.61 bits per heavy atom. The first-order valence-corrected chi connectivity index (χ1v) is 9.09. The van der Waals surface area contributed by atoms with Gasteiger partial charge in [-0.2, -0.15) is 0 Å². The minimum Gasteiger partial charge on any atom is -0.392 e. The molecule has 0 aliphatic rings. The van der Waals surface area contributed by atoms with Crippen LogP contribution in [0.3, 0.4) is 0 Å². The fourth-order valence-electron chi connectivity index (χ4n) is 1.87. The molecule has 0 aliphatic carbocycles. The van der Waals surface area contributed by atoms with E-state index in [1.807, 2.05) is 39.0 Å². The summed E-state index contributed by atoms with van der Waals surface area (Å²) in [7, 11) is 0. The Bertz CT molecular complexity index is 532. The minimum atomic E-state index is 0.0943. The summed E-state index contributed by atoms with van der Waals surface area (Å²) in [4.78, 5) is 2.35. The van der Waals surface area contributed by atoms with E-state index in [1.165, 1.54) is 16.9 Å². The molecule has 1 nitrogen and oxygen atoms in total. The Morgan fingerprint density at radius 1 is 1.04 bits per heavy atom. The van der Waals surface area contributed by atoms with Crippen molar-refractivity contribution in [2.45, 2.75) is 56.9 Å². The highest BCUT2D eigenvalue weighted by Gasteiger charge is 2.02. The smallest absolute Gasteiger partial charge is 0.0692 e. The number of hydrogen-bond acceptors (Lipinski definition) is 2. The summed E-state index contributed by atoms with van der Waals surface area (Å²) >= 11 is 1.71. The Morgan fingerprint density at radius 3 is 2.13 bits per heavy atom. The third kappa shape index (κ3) is 8.63. The van der Waals surface area contributed by atoms with Gasteiger partial charge in [-0.25, -0.2) is 0 Å². The first-order valence-electron chi connectivity index (χ1n) is 8.27. The molecule has 0 atom stereocenters. The van der Waals surface area contributed by atoms with Crippen LogP contribution in [0.4, 0.5) is 0 Å². The predicted molar refractivity (Wildman–Crippen MR) is 104 cm³/mol. The molecular weight excluding hydrogens is 300 g/mol. The molecule has 0 bridgehead atoms. The second-order valence-electron chi connectivity index (χ2n) is 4.67. The lowest BCUT2D eigenvalue weighted by atomic mass is 10.1. The van der Waals surface area contributed by atoms with Crippen LogP contribution in [0.2, 0.25) is 0 Å². The van der Waals surface area contributed by atoms with E-state index in [1.54, 1.807) is 17.8 Å². The number of hydrogen-bond donors (Lipinski definition) is 1. The number of allylic oxidation sites excluding steroid dienone is 1. The standard InChI is InChI=1S/C16H18OS.C3H6.C2H6/c1-2-5-13-8-10-15(11-9-13)18-16-7-4-3-6-14(16)12-17;1-3-2;1-2/h3-4,6-11,17H,2,5,12H2,1H3;3H,1H2,2H3;1-2H3. The van der Waals surface area contributed by atoms with Gasteiger partial charge in [0.1, 0.15) is 0 Å². The lowest BCUT2D eigenvalue weighted by molar-refractivity contribution is 0.279. The van der Waals surface area contributed by atoms with Gasteiger partial charge in [-0.1, -0.05) is 75.4 Å². The van der Waals surface area contributed by atoms with Gasteiger partial charge >= 0.3 is 0 Å². The van der Waals surface area contributed by atoms with Gasteiger partial charge in [0.25, 0.3) is 0 Å². The normalized spacial score (nSPS) is 9.09. The van der Waals surface area contributed by atoms with E-state index in [0.29, 0.717) is 0 Å². The van der Waals surface area contributed by atoms with Crippen molar-refractivity contribution in [1.82, 2.24) is 0 Å². The molecule has 0 unspecified atom stereocenters. The molecule has 0 aromatic heterocycles. The molecule has 2 heteroatoms. The Kier molecular flexibility index (Phi) is 13.2. The van der Waals surface area contributed by atoms with E-state index in [-0.39, 0.29) is 6.61 Å². The molecule has 1 N–H and O–H groups in total. The Labute approximate surface area is 146 Å². The van der Waals surface area contributed by atoms with Gasteiger partial charge in [0.05, 0.1) is 6.61 Å². The fourth-order valence-corrected chi connectivity index (χ4v) is 2.81. The van der Waals surface area contributed by atoms with Gasteiger partial charge in [-0.05, 0) is 42.7 Å². The average Bonchev–Trinajstić information content (AvgIpc) is 2.60. The van der Waals surface area contributed by atoms with E-state index in [9.17, 15) is 5.11 Å². The monoisotopic (exact) mass is 330 g/mol. The number of aliphatic hydroxyl groups is 1. The van der Waals surface area contributed by atoms with Crippen LogP contribution in [0.15, 0.2) is 71.0 Å². The van der Waals surface area contributed by atoms with Crippen LogP contribution in [-0.2, 0) is 13.0 Å². The van der Waals surface area contributed by atoms with Crippen molar-refractivity contribution in [2.75, 3.05) is 0 Å². The lowest BCUT2D eigenvalue weighted by Gasteiger charge is -2.07. The minimum absolute atomic E-state index is 0.0943. The van der Waals surface area contributed by atoms with Crippen molar-refractivity contribution in [3.8, 4) is 0 Å². The van der Waals surface area contributed by atoms with E-state index in [0.717, 1.165) is 16.9 Å². The van der Waals surface area contributed by atoms with E-state index in [4.69, 9.17) is 0 Å². The van der Waals surface area contributed by atoms with Crippen molar-refractivity contribution >= 4 is 11.8 Å². The molecule has 0 saturated carbocycles. The van der Waals surface area contributed by atoms with Crippen molar-refractivity contribution in [2.24, 2.45) is 0 Å². The van der Waals surface area contributed by atoms with Crippen LogP contribution in [0.25, 0.3) is 0 Å². The molecule has 0 heterocycles. The maximum absolute atomic E-state index is 9.30. The second-order valence-corrected chi connectivity index (χ2v) is 5.79. The largest absolute Gasteiger partial charge is 0.392 e. The summed E-state index contributed by atoms with van der Waals surface area (Å²) in [6.45, 7) is 11.5. The van der Waals surface area contributed by atoms with Gasteiger partial charge in [0, 0.05) is 9.79 Å². The molecule has 0 aliphatic heterocycles. The van der Waals surface area contributed by atoms with Crippen LogP contribution in [0.5, 0.6) is 0 Å². The maximum atomic E-state index is 9.30. The molecule has 0 spiro atoms. The molecule has 23 heavy (non-hydrogen) atoms. The highest BCUT2D eigenvalue weighted by atomic mass is 32.2. The van der Waals surface area contributed by atoms with Gasteiger partial charge in [0.2, 0.25) is 0 Å². The number of benzene rings is 2. The summed E-state index contributed by atoms with van der Waals surface area (Å²) in [5.74, 6) is 0. The van der Waals surface area contributed by atoms with Crippen LogP contribution >= 0.6 is 11.8 Å². The van der Waals surface area contributed by atoms with Gasteiger partial charge in [-0.3, -0.25) is 0 Å². The van der Waals surface area contributed by atoms with Crippen LogP contribution in [-0.4, -0.2) is 5.11 Å². The number of aliphatic hydroxyl groups excluding tert-OH is 1. The summed E-state index contributed by atoms with van der Waals surface area (Å²) in [5, 5.41) is 9.30. The van der Waals surface area contributed by atoms with Gasteiger partial charge in [0.15, 0.2) is 0 Å². The van der Waals surface area contributed by atoms with Crippen molar-refractivity contribution in [3.05, 3.63) is 72.3 Å². The first kappa shape index (κ1) is 21.5. The SMILES string of the molecule is C=CC.CC.CCCc1ccc(Sc2ccccc2CO)cc1. The maximum Gasteiger partial charge on any atom is 0.0692 e. The van der Waals surface area contributed by atoms with Crippen molar-refractivity contribution in [1.29, 1.82) is 0 Å². The molecule has 0 amide bonds.